The smallest absolute Gasteiger partial charge is 0.319 e. The number of thiophene rings is 1. The number of aromatic nitrogens is 1. The molecule has 3 amide bonds. The van der Waals surface area contributed by atoms with Crippen LogP contribution < -0.4 is 21.1 Å². The van der Waals surface area contributed by atoms with E-state index in [0.717, 1.165) is 29.3 Å². The summed E-state index contributed by atoms with van der Waals surface area (Å²) in [5, 5.41) is 5.63. The summed E-state index contributed by atoms with van der Waals surface area (Å²) in [7, 11) is 0. The first kappa shape index (κ1) is 17.0. The van der Waals surface area contributed by atoms with Crippen molar-refractivity contribution in [2.75, 3.05) is 11.9 Å². The molecule has 0 aromatic carbocycles. The standard InChI is InChI=1S/C14H15ClN4O3S2/c15-9-4-3-8(23-9)6-22-12-10(11(16)20)13(24-19-12)18-14(21)17-5-7-1-2-7/h3-4,7H,1-2,5-6H2,(H2,16,20)(H2,17,18,21). The van der Waals surface area contributed by atoms with E-state index in [1.807, 2.05) is 6.07 Å². The Morgan fingerprint density at radius 2 is 2.21 bits per heavy atom. The van der Waals surface area contributed by atoms with E-state index in [1.54, 1.807) is 6.07 Å². The second-order valence-electron chi connectivity index (χ2n) is 5.33. The first-order valence-electron chi connectivity index (χ1n) is 7.24. The number of ether oxygens (including phenoxy) is 1. The number of urea groups is 1. The summed E-state index contributed by atoms with van der Waals surface area (Å²) in [6, 6.07) is 3.20. The van der Waals surface area contributed by atoms with E-state index in [4.69, 9.17) is 22.1 Å². The van der Waals surface area contributed by atoms with Gasteiger partial charge in [0.15, 0.2) is 0 Å². The van der Waals surface area contributed by atoms with E-state index in [1.165, 1.54) is 11.3 Å². The van der Waals surface area contributed by atoms with Crippen LogP contribution in [0.25, 0.3) is 0 Å². The lowest BCUT2D eigenvalue weighted by Gasteiger charge is -2.07. The second kappa shape index (κ2) is 7.37. The molecule has 0 aliphatic heterocycles. The fourth-order valence-corrected chi connectivity index (χ4v) is 3.69. The third kappa shape index (κ3) is 4.37. The van der Waals surface area contributed by atoms with Crippen LogP contribution in [-0.4, -0.2) is 22.9 Å². The number of anilines is 1. The number of nitrogens with two attached hydrogens (primary N) is 1. The van der Waals surface area contributed by atoms with E-state index in [-0.39, 0.29) is 29.1 Å². The van der Waals surface area contributed by atoms with Crippen LogP contribution in [0.2, 0.25) is 4.34 Å². The van der Waals surface area contributed by atoms with Crippen LogP contribution in [0.5, 0.6) is 5.88 Å². The number of carbonyl (C=O) groups is 2. The minimum Gasteiger partial charge on any atom is -0.471 e. The molecule has 2 aromatic heterocycles. The lowest BCUT2D eigenvalue weighted by atomic mass is 10.3. The van der Waals surface area contributed by atoms with Crippen molar-refractivity contribution in [1.29, 1.82) is 0 Å². The van der Waals surface area contributed by atoms with E-state index in [2.05, 4.69) is 15.0 Å². The zero-order valence-electron chi connectivity index (χ0n) is 12.5. The molecule has 0 saturated heterocycles. The monoisotopic (exact) mass is 386 g/mol. The average molecular weight is 387 g/mol. The van der Waals surface area contributed by atoms with Gasteiger partial charge in [0.2, 0.25) is 5.88 Å². The van der Waals surface area contributed by atoms with Gasteiger partial charge in [0.05, 0.1) is 4.34 Å². The van der Waals surface area contributed by atoms with Gasteiger partial charge >= 0.3 is 6.03 Å². The van der Waals surface area contributed by atoms with Crippen molar-refractivity contribution in [3.63, 3.8) is 0 Å². The largest absolute Gasteiger partial charge is 0.471 e. The number of hydrogen-bond acceptors (Lipinski definition) is 6. The number of rotatable bonds is 7. The normalized spacial score (nSPS) is 13.5. The summed E-state index contributed by atoms with van der Waals surface area (Å²) in [5.74, 6) is -0.0423. The van der Waals surface area contributed by atoms with Gasteiger partial charge < -0.3 is 15.8 Å². The first-order chi connectivity index (χ1) is 11.5. The van der Waals surface area contributed by atoms with Gasteiger partial charge in [-0.3, -0.25) is 10.1 Å². The first-order valence-corrected chi connectivity index (χ1v) is 9.21. The number of primary amides is 1. The van der Waals surface area contributed by atoms with Crippen LogP contribution >= 0.6 is 34.5 Å². The summed E-state index contributed by atoms with van der Waals surface area (Å²) >= 11 is 8.19. The number of hydrogen-bond donors (Lipinski definition) is 3. The van der Waals surface area contributed by atoms with Crippen LogP contribution in [-0.2, 0) is 6.61 Å². The van der Waals surface area contributed by atoms with Gasteiger partial charge in [-0.15, -0.1) is 11.3 Å². The molecule has 7 nitrogen and oxygen atoms in total. The molecule has 0 radical (unpaired) electrons. The molecule has 0 spiro atoms. The highest BCUT2D eigenvalue weighted by molar-refractivity contribution is 7.16. The van der Waals surface area contributed by atoms with E-state index in [0.29, 0.717) is 16.8 Å². The highest BCUT2D eigenvalue weighted by atomic mass is 35.5. The maximum atomic E-state index is 11.9. The lowest BCUT2D eigenvalue weighted by molar-refractivity contribution is 0.0997. The SMILES string of the molecule is NC(=O)c1c(OCc2ccc(Cl)s2)nsc1NC(=O)NCC1CC1. The Morgan fingerprint density at radius 3 is 2.83 bits per heavy atom. The summed E-state index contributed by atoms with van der Waals surface area (Å²) in [6.45, 7) is 0.841. The predicted octanol–water partition coefficient (Wildman–Crippen LogP) is 3.07. The number of amides is 3. The summed E-state index contributed by atoms with van der Waals surface area (Å²) in [5.41, 5.74) is 5.47. The maximum Gasteiger partial charge on any atom is 0.319 e. The molecule has 0 unspecified atom stereocenters. The molecule has 1 fully saturated rings. The zero-order chi connectivity index (χ0) is 17.1. The molecule has 3 rings (SSSR count). The van der Waals surface area contributed by atoms with E-state index < -0.39 is 5.91 Å². The summed E-state index contributed by atoms with van der Waals surface area (Å²) < 4.78 is 10.3. The fraction of sp³-hybridized carbons (Fsp3) is 0.357. The van der Waals surface area contributed by atoms with Crippen LogP contribution in [0.3, 0.4) is 0 Å². The molecule has 1 saturated carbocycles. The van der Waals surface area contributed by atoms with Crippen molar-refractivity contribution < 1.29 is 14.3 Å². The molecule has 1 aliphatic rings. The molecule has 4 N–H and O–H groups in total. The highest BCUT2D eigenvalue weighted by Gasteiger charge is 2.24. The molecular formula is C14H15ClN4O3S2. The van der Waals surface area contributed by atoms with E-state index >= 15 is 0 Å². The predicted molar refractivity (Wildman–Crippen MR) is 94.0 cm³/mol. The van der Waals surface area contributed by atoms with Gasteiger partial charge in [0.25, 0.3) is 5.91 Å². The van der Waals surface area contributed by atoms with Gasteiger partial charge in [-0.1, -0.05) is 11.6 Å². The number of halogens is 1. The zero-order valence-corrected chi connectivity index (χ0v) is 14.9. The highest BCUT2D eigenvalue weighted by Crippen LogP contribution is 2.32. The number of nitrogens with one attached hydrogen (secondary N) is 2. The van der Waals surface area contributed by atoms with Gasteiger partial charge in [0.1, 0.15) is 17.2 Å². The minimum atomic E-state index is -0.708. The molecule has 10 heteroatoms. The second-order valence-corrected chi connectivity index (χ2v) is 7.90. The van der Waals surface area contributed by atoms with Crippen molar-refractivity contribution >= 4 is 51.4 Å². The third-order valence-corrected chi connectivity index (χ3v) is 5.31. The molecule has 128 valence electrons. The van der Waals surface area contributed by atoms with Gasteiger partial charge in [0, 0.05) is 11.4 Å². The molecule has 0 bridgehead atoms. The van der Waals surface area contributed by atoms with Gasteiger partial charge in [-0.2, -0.15) is 4.37 Å². The Hall–Kier alpha value is -1.84. The fourth-order valence-electron chi connectivity index (χ4n) is 1.95. The Kier molecular flexibility index (Phi) is 5.22. The molecular weight excluding hydrogens is 372 g/mol. The van der Waals surface area contributed by atoms with Crippen molar-refractivity contribution in [3.05, 3.63) is 26.9 Å². The molecule has 24 heavy (non-hydrogen) atoms. The van der Waals surface area contributed by atoms with Crippen molar-refractivity contribution in [1.82, 2.24) is 9.69 Å². The number of nitrogens with zero attached hydrogens (tertiary/aromatic N) is 1. The summed E-state index contributed by atoms with van der Waals surface area (Å²) in [6.07, 6.45) is 2.27. The van der Waals surface area contributed by atoms with Crippen molar-refractivity contribution in [3.8, 4) is 5.88 Å². The molecule has 0 atom stereocenters. The van der Waals surface area contributed by atoms with Crippen LogP contribution in [0.15, 0.2) is 12.1 Å². The average Bonchev–Trinajstić information content (AvgIpc) is 3.14. The van der Waals surface area contributed by atoms with Crippen molar-refractivity contribution in [2.24, 2.45) is 11.7 Å². The van der Waals surface area contributed by atoms with Gasteiger partial charge in [-0.25, -0.2) is 4.79 Å². The topological polar surface area (TPSA) is 106 Å². The maximum absolute atomic E-state index is 11.9. The van der Waals surface area contributed by atoms with Crippen LogP contribution in [0.4, 0.5) is 9.80 Å². The van der Waals surface area contributed by atoms with Crippen LogP contribution in [0.1, 0.15) is 28.1 Å². The number of carbonyl (C=O) groups excluding carboxylic acids is 2. The molecule has 2 heterocycles. The Bertz CT molecular complexity index is 757. The van der Waals surface area contributed by atoms with E-state index in [9.17, 15) is 9.59 Å². The minimum absolute atomic E-state index is 0.0734. The Morgan fingerprint density at radius 1 is 1.42 bits per heavy atom. The lowest BCUT2D eigenvalue weighted by Crippen LogP contribution is -2.30. The van der Waals surface area contributed by atoms with Crippen molar-refractivity contribution in [2.45, 2.75) is 19.4 Å². The van der Waals surface area contributed by atoms with Crippen LogP contribution in [0, 0.1) is 5.92 Å². The Balaban J connectivity index is 1.64. The summed E-state index contributed by atoms with van der Waals surface area (Å²) in [4.78, 5) is 24.4. The molecule has 2 aromatic rings. The molecule has 1 aliphatic carbocycles. The quantitative estimate of drug-likeness (QED) is 0.679. The third-order valence-electron chi connectivity index (χ3n) is 3.36. The Labute approximate surface area is 151 Å². The van der Waals surface area contributed by atoms with Gasteiger partial charge in [-0.05, 0) is 42.4 Å².